The van der Waals surface area contributed by atoms with Crippen molar-refractivity contribution in [1.82, 2.24) is 8.75 Å². The Hall–Kier alpha value is -0.350. The quantitative estimate of drug-likeness (QED) is 0.786. The summed E-state index contributed by atoms with van der Waals surface area (Å²) in [6, 6.07) is 0.365. The molecule has 1 atom stereocenters. The molecule has 80 valence electrons. The van der Waals surface area contributed by atoms with Crippen molar-refractivity contribution in [2.45, 2.75) is 33.7 Å². The van der Waals surface area contributed by atoms with E-state index in [1.54, 1.807) is 0 Å². The number of aromatic nitrogens is 2. The number of nitrogens with zero attached hydrogens (tertiary/aromatic N) is 3. The molecule has 0 aromatic carbocycles. The summed E-state index contributed by atoms with van der Waals surface area (Å²) in [6.45, 7) is 8.75. The van der Waals surface area contributed by atoms with Crippen LogP contribution < -0.4 is 4.90 Å². The molecule has 14 heavy (non-hydrogen) atoms. The van der Waals surface area contributed by atoms with E-state index >= 15 is 0 Å². The molecule has 0 bridgehead atoms. The summed E-state index contributed by atoms with van der Waals surface area (Å²) >= 11 is 7.07. The molecule has 1 aromatic rings. The molecule has 3 nitrogen and oxygen atoms in total. The summed E-state index contributed by atoms with van der Waals surface area (Å²) in [4.78, 5) is 2.08. The zero-order valence-corrected chi connectivity index (χ0v) is 10.8. The predicted octanol–water partition coefficient (Wildman–Crippen LogP) is 3.06. The Labute approximate surface area is 94.4 Å². The molecular formula is C9H16ClN3S. The van der Waals surface area contributed by atoms with Crippen molar-refractivity contribution in [2.75, 3.05) is 11.9 Å². The summed E-state index contributed by atoms with van der Waals surface area (Å²) < 4.78 is 8.13. The van der Waals surface area contributed by atoms with E-state index in [1.165, 1.54) is 0 Å². The molecule has 1 rings (SSSR count). The Morgan fingerprint density at radius 3 is 2.29 bits per heavy atom. The fourth-order valence-electron chi connectivity index (χ4n) is 1.15. The number of anilines is 1. The van der Waals surface area contributed by atoms with Crippen LogP contribution in [0.3, 0.4) is 0 Å². The molecule has 0 aliphatic heterocycles. The van der Waals surface area contributed by atoms with E-state index in [0.29, 0.717) is 11.2 Å². The smallest absolute Gasteiger partial charge is 0.187 e. The van der Waals surface area contributed by atoms with Crippen LogP contribution in [0.5, 0.6) is 0 Å². The van der Waals surface area contributed by atoms with Gasteiger partial charge in [-0.1, -0.05) is 32.4 Å². The maximum absolute atomic E-state index is 5.92. The average molecular weight is 234 g/mol. The van der Waals surface area contributed by atoms with Gasteiger partial charge in [-0.25, -0.2) is 0 Å². The SMILES string of the molecule is CC(N(C)c1nsnc1Cl)C(C)(C)C. The fourth-order valence-corrected chi connectivity index (χ4v) is 1.95. The van der Waals surface area contributed by atoms with Gasteiger partial charge >= 0.3 is 0 Å². The third kappa shape index (κ3) is 2.36. The van der Waals surface area contributed by atoms with Crippen molar-refractivity contribution >= 4 is 29.1 Å². The summed E-state index contributed by atoms with van der Waals surface area (Å²) in [5.41, 5.74) is 0.196. The molecule has 0 aliphatic carbocycles. The molecule has 0 saturated heterocycles. The van der Waals surface area contributed by atoms with Gasteiger partial charge in [0, 0.05) is 13.1 Å². The molecular weight excluding hydrogens is 218 g/mol. The standard InChI is InChI=1S/C9H16ClN3S/c1-6(9(2,3)4)13(5)8-7(10)11-14-12-8/h6H,1-5H3. The van der Waals surface area contributed by atoms with E-state index in [1.807, 2.05) is 7.05 Å². The maximum atomic E-state index is 5.92. The Morgan fingerprint density at radius 2 is 1.93 bits per heavy atom. The van der Waals surface area contributed by atoms with E-state index in [9.17, 15) is 0 Å². The van der Waals surface area contributed by atoms with Crippen LogP contribution in [0.4, 0.5) is 5.82 Å². The van der Waals surface area contributed by atoms with Crippen LogP contribution in [0.2, 0.25) is 5.15 Å². The van der Waals surface area contributed by atoms with Crippen molar-refractivity contribution in [1.29, 1.82) is 0 Å². The van der Waals surface area contributed by atoms with Gasteiger partial charge in [0.15, 0.2) is 11.0 Å². The fraction of sp³-hybridized carbons (Fsp3) is 0.778. The summed E-state index contributed by atoms with van der Waals surface area (Å²) in [5, 5.41) is 0.494. The van der Waals surface area contributed by atoms with Crippen molar-refractivity contribution < 1.29 is 0 Å². The van der Waals surface area contributed by atoms with Crippen molar-refractivity contribution in [3.63, 3.8) is 0 Å². The van der Waals surface area contributed by atoms with Crippen molar-refractivity contribution in [3.8, 4) is 0 Å². The molecule has 5 heteroatoms. The Bertz CT molecular complexity index is 305. The minimum atomic E-state index is 0.196. The van der Waals surface area contributed by atoms with Crippen LogP contribution in [0.25, 0.3) is 0 Å². The first kappa shape index (κ1) is 11.7. The van der Waals surface area contributed by atoms with E-state index < -0.39 is 0 Å². The summed E-state index contributed by atoms with van der Waals surface area (Å²) in [7, 11) is 2.00. The monoisotopic (exact) mass is 233 g/mol. The second-order valence-electron chi connectivity index (χ2n) is 4.53. The zero-order chi connectivity index (χ0) is 10.9. The van der Waals surface area contributed by atoms with Gasteiger partial charge in [0.1, 0.15) is 0 Å². The molecule has 0 fully saturated rings. The van der Waals surface area contributed by atoms with Gasteiger partial charge in [-0.2, -0.15) is 8.75 Å². The van der Waals surface area contributed by atoms with E-state index in [0.717, 1.165) is 17.5 Å². The van der Waals surface area contributed by atoms with Gasteiger partial charge in [-0.05, 0) is 12.3 Å². The lowest BCUT2D eigenvalue weighted by atomic mass is 9.87. The average Bonchev–Trinajstić information content (AvgIpc) is 2.47. The second kappa shape index (κ2) is 4.03. The van der Waals surface area contributed by atoms with Crippen LogP contribution in [-0.2, 0) is 0 Å². The van der Waals surface area contributed by atoms with Crippen molar-refractivity contribution in [3.05, 3.63) is 5.15 Å². The molecule has 0 amide bonds. The van der Waals surface area contributed by atoms with Gasteiger partial charge in [-0.15, -0.1) is 0 Å². The molecule has 0 spiro atoms. The molecule has 0 aliphatic rings. The molecule has 1 aromatic heterocycles. The first-order valence-corrected chi connectivity index (χ1v) is 5.65. The normalized spacial score (nSPS) is 14.1. The highest BCUT2D eigenvalue weighted by Crippen LogP contribution is 2.30. The largest absolute Gasteiger partial charge is 0.353 e. The highest BCUT2D eigenvalue weighted by molar-refractivity contribution is 6.99. The molecule has 0 saturated carbocycles. The van der Waals surface area contributed by atoms with E-state index in [4.69, 9.17) is 11.6 Å². The highest BCUT2D eigenvalue weighted by Gasteiger charge is 2.26. The Balaban J connectivity index is 2.86. The minimum absolute atomic E-state index is 0.196. The lowest BCUT2D eigenvalue weighted by Crippen LogP contribution is -2.39. The second-order valence-corrected chi connectivity index (χ2v) is 5.42. The topological polar surface area (TPSA) is 29.0 Å². The lowest BCUT2D eigenvalue weighted by Gasteiger charge is -2.35. The van der Waals surface area contributed by atoms with E-state index in [-0.39, 0.29) is 5.41 Å². The van der Waals surface area contributed by atoms with Crippen LogP contribution in [0.1, 0.15) is 27.7 Å². The van der Waals surface area contributed by atoms with Crippen molar-refractivity contribution in [2.24, 2.45) is 5.41 Å². The number of hydrogen-bond acceptors (Lipinski definition) is 4. The van der Waals surface area contributed by atoms with Gasteiger partial charge in [0.25, 0.3) is 0 Å². The maximum Gasteiger partial charge on any atom is 0.187 e. The third-order valence-electron chi connectivity index (χ3n) is 2.60. The van der Waals surface area contributed by atoms with Crippen LogP contribution in [0, 0.1) is 5.41 Å². The van der Waals surface area contributed by atoms with Crippen LogP contribution >= 0.6 is 23.3 Å². The molecule has 0 radical (unpaired) electrons. The molecule has 0 N–H and O–H groups in total. The minimum Gasteiger partial charge on any atom is -0.353 e. The van der Waals surface area contributed by atoms with Gasteiger partial charge in [0.05, 0.1) is 11.7 Å². The molecule has 1 unspecified atom stereocenters. The van der Waals surface area contributed by atoms with E-state index in [2.05, 4.69) is 41.3 Å². The number of hydrogen-bond donors (Lipinski definition) is 0. The Kier molecular flexibility index (Phi) is 3.37. The first-order valence-electron chi connectivity index (χ1n) is 4.55. The van der Waals surface area contributed by atoms with Gasteiger partial charge < -0.3 is 4.90 Å². The van der Waals surface area contributed by atoms with Crippen LogP contribution in [-0.4, -0.2) is 21.8 Å². The summed E-state index contributed by atoms with van der Waals surface area (Å²) in [5.74, 6) is 0.777. The van der Waals surface area contributed by atoms with Gasteiger partial charge in [-0.3, -0.25) is 0 Å². The van der Waals surface area contributed by atoms with Crippen LogP contribution in [0.15, 0.2) is 0 Å². The zero-order valence-electron chi connectivity index (χ0n) is 9.21. The third-order valence-corrected chi connectivity index (χ3v) is 3.47. The predicted molar refractivity (Wildman–Crippen MR) is 62.2 cm³/mol. The molecule has 1 heterocycles. The number of rotatable bonds is 2. The first-order chi connectivity index (χ1) is 6.34. The Morgan fingerprint density at radius 1 is 1.36 bits per heavy atom. The van der Waals surface area contributed by atoms with Gasteiger partial charge in [0.2, 0.25) is 0 Å². The number of halogens is 1. The summed E-state index contributed by atoms with van der Waals surface area (Å²) in [6.07, 6.45) is 0. The highest BCUT2D eigenvalue weighted by atomic mass is 35.5. The lowest BCUT2D eigenvalue weighted by molar-refractivity contribution is 0.329.